The van der Waals surface area contributed by atoms with Crippen LogP contribution >= 0.6 is 0 Å². The smallest absolute Gasteiger partial charge is 0.268 e. The first kappa shape index (κ1) is 16.7. The molecule has 1 heterocycles. The lowest BCUT2D eigenvalue weighted by atomic mass is 10.0. The highest BCUT2D eigenvalue weighted by atomic mass is 16.3. The highest BCUT2D eigenvalue weighted by Gasteiger charge is 2.17. The van der Waals surface area contributed by atoms with Gasteiger partial charge in [-0.15, -0.1) is 0 Å². The first-order chi connectivity index (χ1) is 9.55. The first-order valence-corrected chi connectivity index (χ1v) is 7.38. The Hall–Kier alpha value is -1.33. The highest BCUT2D eigenvalue weighted by molar-refractivity contribution is 5.94. The van der Waals surface area contributed by atoms with E-state index in [-0.39, 0.29) is 5.91 Å². The number of nitrogens with two attached hydrogens (primary N) is 1. The van der Waals surface area contributed by atoms with Crippen LogP contribution in [0.3, 0.4) is 0 Å². The van der Waals surface area contributed by atoms with Gasteiger partial charge in [-0.1, -0.05) is 33.6 Å². The van der Waals surface area contributed by atoms with Crippen LogP contribution in [-0.2, 0) is 6.54 Å². The zero-order valence-electron chi connectivity index (χ0n) is 13.0. The zero-order chi connectivity index (χ0) is 15.1. The van der Waals surface area contributed by atoms with Gasteiger partial charge in [-0.3, -0.25) is 15.1 Å². The second kappa shape index (κ2) is 8.07. The van der Waals surface area contributed by atoms with Crippen molar-refractivity contribution in [3.8, 4) is 0 Å². The zero-order valence-corrected chi connectivity index (χ0v) is 13.0. The van der Waals surface area contributed by atoms with Crippen molar-refractivity contribution in [1.29, 1.82) is 0 Å². The number of hydrogen-bond acceptors (Lipinski definition) is 4. The molecule has 0 aliphatic rings. The van der Waals surface area contributed by atoms with Gasteiger partial charge in [0.25, 0.3) is 5.91 Å². The fraction of sp³-hybridized carbons (Fsp3) is 0.667. The molecule has 5 heteroatoms. The van der Waals surface area contributed by atoms with Gasteiger partial charge in [-0.25, -0.2) is 5.84 Å². The van der Waals surface area contributed by atoms with Crippen LogP contribution in [0, 0.1) is 12.8 Å². The molecule has 0 spiro atoms. The van der Waals surface area contributed by atoms with Crippen molar-refractivity contribution >= 4 is 5.91 Å². The van der Waals surface area contributed by atoms with Crippen LogP contribution < -0.4 is 11.3 Å². The van der Waals surface area contributed by atoms with Gasteiger partial charge >= 0.3 is 0 Å². The van der Waals surface area contributed by atoms with Crippen LogP contribution in [0.5, 0.6) is 0 Å². The standard InChI is InChI=1S/C15H27N3O2/c1-5-12(6-2)9-18(7-3)10-13-8-14(11(4)20-13)15(19)17-16/h8,12H,5-7,9-10,16H2,1-4H3,(H,17,19). The molecule has 0 fully saturated rings. The van der Waals surface area contributed by atoms with Crippen molar-refractivity contribution in [1.82, 2.24) is 10.3 Å². The van der Waals surface area contributed by atoms with E-state index >= 15 is 0 Å². The van der Waals surface area contributed by atoms with Gasteiger partial charge in [0.05, 0.1) is 12.1 Å². The van der Waals surface area contributed by atoms with Gasteiger partial charge in [0.2, 0.25) is 0 Å². The average molecular weight is 281 g/mol. The Labute approximate surface area is 121 Å². The molecule has 0 atom stereocenters. The van der Waals surface area contributed by atoms with Crippen LogP contribution in [0.4, 0.5) is 0 Å². The quantitative estimate of drug-likeness (QED) is 0.436. The number of hydrazine groups is 1. The minimum absolute atomic E-state index is 0.305. The number of nitrogens with one attached hydrogen (secondary N) is 1. The fourth-order valence-electron chi connectivity index (χ4n) is 2.36. The van der Waals surface area contributed by atoms with Gasteiger partial charge < -0.3 is 4.42 Å². The summed E-state index contributed by atoms with van der Waals surface area (Å²) >= 11 is 0. The Kier molecular flexibility index (Phi) is 6.75. The number of amides is 1. The number of carbonyl (C=O) groups excluding carboxylic acids is 1. The Morgan fingerprint density at radius 2 is 2.05 bits per heavy atom. The van der Waals surface area contributed by atoms with Crippen LogP contribution in [0.1, 0.15) is 55.5 Å². The lowest BCUT2D eigenvalue weighted by Gasteiger charge is -2.24. The Balaban J connectivity index is 2.73. The van der Waals surface area contributed by atoms with Crippen molar-refractivity contribution in [2.24, 2.45) is 11.8 Å². The molecule has 0 aromatic carbocycles. The second-order valence-corrected chi connectivity index (χ2v) is 5.17. The van der Waals surface area contributed by atoms with Crippen molar-refractivity contribution in [3.63, 3.8) is 0 Å². The molecule has 3 N–H and O–H groups in total. The lowest BCUT2D eigenvalue weighted by Crippen LogP contribution is -2.30. The normalized spacial score (nSPS) is 11.3. The predicted octanol–water partition coefficient (Wildman–Crippen LogP) is 2.45. The third kappa shape index (κ3) is 4.35. The molecule has 1 rings (SSSR count). The van der Waals surface area contributed by atoms with Gasteiger partial charge in [0.1, 0.15) is 11.5 Å². The maximum atomic E-state index is 11.6. The molecule has 0 aliphatic heterocycles. The largest absolute Gasteiger partial charge is 0.464 e. The monoisotopic (exact) mass is 281 g/mol. The Bertz CT molecular complexity index is 425. The number of nitrogens with zero attached hydrogens (tertiary/aromatic N) is 1. The Morgan fingerprint density at radius 1 is 1.40 bits per heavy atom. The summed E-state index contributed by atoms with van der Waals surface area (Å²) in [5, 5.41) is 0. The van der Waals surface area contributed by atoms with E-state index in [2.05, 4.69) is 31.1 Å². The van der Waals surface area contributed by atoms with Crippen molar-refractivity contribution in [2.75, 3.05) is 13.1 Å². The third-order valence-electron chi connectivity index (χ3n) is 3.84. The van der Waals surface area contributed by atoms with Crippen LogP contribution in [0.15, 0.2) is 10.5 Å². The van der Waals surface area contributed by atoms with Gasteiger partial charge in [-0.05, 0) is 25.5 Å². The molecule has 1 amide bonds. The fourth-order valence-corrected chi connectivity index (χ4v) is 2.36. The number of rotatable bonds is 8. The van der Waals surface area contributed by atoms with E-state index < -0.39 is 0 Å². The number of hydrogen-bond donors (Lipinski definition) is 2. The van der Waals surface area contributed by atoms with E-state index in [1.807, 2.05) is 0 Å². The summed E-state index contributed by atoms with van der Waals surface area (Å²) in [6.07, 6.45) is 2.37. The number of carbonyl (C=O) groups is 1. The highest BCUT2D eigenvalue weighted by Crippen LogP contribution is 2.18. The average Bonchev–Trinajstić information content (AvgIpc) is 2.83. The first-order valence-electron chi connectivity index (χ1n) is 7.38. The SMILES string of the molecule is CCC(CC)CN(CC)Cc1cc(C(=O)NN)c(C)o1. The van der Waals surface area contributed by atoms with Gasteiger partial charge in [0.15, 0.2) is 0 Å². The topological polar surface area (TPSA) is 71.5 Å². The molecule has 114 valence electrons. The molecule has 5 nitrogen and oxygen atoms in total. The maximum absolute atomic E-state index is 11.6. The van der Waals surface area contributed by atoms with Crippen LogP contribution in [0.25, 0.3) is 0 Å². The van der Waals surface area contributed by atoms with E-state index in [9.17, 15) is 4.79 Å². The van der Waals surface area contributed by atoms with E-state index in [1.54, 1.807) is 13.0 Å². The summed E-state index contributed by atoms with van der Waals surface area (Å²) in [6.45, 7) is 11.1. The lowest BCUT2D eigenvalue weighted by molar-refractivity contribution is 0.0952. The van der Waals surface area contributed by atoms with Gasteiger partial charge in [0, 0.05) is 6.54 Å². The molecule has 1 aromatic heterocycles. The third-order valence-corrected chi connectivity index (χ3v) is 3.84. The van der Waals surface area contributed by atoms with E-state index in [0.29, 0.717) is 17.2 Å². The van der Waals surface area contributed by atoms with Crippen molar-refractivity contribution in [2.45, 2.75) is 47.1 Å². The van der Waals surface area contributed by atoms with Crippen LogP contribution in [-0.4, -0.2) is 23.9 Å². The summed E-state index contributed by atoms with van der Waals surface area (Å²) in [7, 11) is 0. The van der Waals surface area contributed by atoms with Gasteiger partial charge in [-0.2, -0.15) is 0 Å². The molecule has 20 heavy (non-hydrogen) atoms. The predicted molar refractivity (Wildman–Crippen MR) is 80.1 cm³/mol. The van der Waals surface area contributed by atoms with E-state index in [4.69, 9.17) is 10.3 Å². The van der Waals surface area contributed by atoms with Crippen molar-refractivity contribution in [3.05, 3.63) is 23.2 Å². The summed E-state index contributed by atoms with van der Waals surface area (Å²) < 4.78 is 5.66. The molecular formula is C15H27N3O2. The van der Waals surface area contributed by atoms with Crippen molar-refractivity contribution < 1.29 is 9.21 Å². The van der Waals surface area contributed by atoms with E-state index in [0.717, 1.165) is 25.4 Å². The number of aryl methyl sites for hydroxylation is 1. The second-order valence-electron chi connectivity index (χ2n) is 5.17. The minimum atomic E-state index is -0.305. The minimum Gasteiger partial charge on any atom is -0.464 e. The molecule has 0 unspecified atom stereocenters. The number of nitrogen functional groups attached to an aromatic ring is 1. The Morgan fingerprint density at radius 3 is 2.55 bits per heavy atom. The molecule has 0 radical (unpaired) electrons. The summed E-state index contributed by atoms with van der Waals surface area (Å²) in [4.78, 5) is 13.9. The molecule has 1 aromatic rings. The maximum Gasteiger partial charge on any atom is 0.268 e. The molecule has 0 aliphatic carbocycles. The molecule has 0 saturated heterocycles. The van der Waals surface area contributed by atoms with E-state index in [1.165, 1.54) is 12.8 Å². The van der Waals surface area contributed by atoms with Crippen LogP contribution in [0.2, 0.25) is 0 Å². The molecule has 0 saturated carbocycles. The molecular weight excluding hydrogens is 254 g/mol. The summed E-state index contributed by atoms with van der Waals surface area (Å²) in [5.74, 6) is 6.99. The molecule has 0 bridgehead atoms. The number of furan rings is 1. The summed E-state index contributed by atoms with van der Waals surface area (Å²) in [6, 6.07) is 1.78. The summed E-state index contributed by atoms with van der Waals surface area (Å²) in [5.41, 5.74) is 2.66.